The Labute approximate surface area is 192 Å². The van der Waals surface area contributed by atoms with E-state index in [0.29, 0.717) is 5.92 Å². The van der Waals surface area contributed by atoms with Crippen LogP contribution in [0, 0.1) is 5.92 Å². The number of hydrogen-bond acceptors (Lipinski definition) is 4. The molecule has 1 spiro atoms. The third kappa shape index (κ3) is 3.32. The molecular weight excluding hydrogens is 478 g/mol. The van der Waals surface area contributed by atoms with Gasteiger partial charge in [0.05, 0.1) is 29.3 Å². The van der Waals surface area contributed by atoms with Crippen LogP contribution in [0.15, 0.2) is 51.8 Å². The van der Waals surface area contributed by atoms with Crippen molar-refractivity contribution < 1.29 is 17.9 Å². The maximum atomic E-state index is 14.1. The summed E-state index contributed by atoms with van der Waals surface area (Å²) in [4.78, 5) is 12.2. The molecule has 0 amide bonds. The first-order chi connectivity index (χ1) is 14.9. The van der Waals surface area contributed by atoms with Gasteiger partial charge in [0.1, 0.15) is 0 Å². The second-order valence-corrected chi connectivity index (χ2v) is 11.7. The molecule has 5 rings (SSSR count). The number of fused-ring (bicyclic) bond motifs is 2. The monoisotopic (exact) mass is 503 g/mol. The number of ether oxygens (including phenoxy) is 1. The van der Waals surface area contributed by atoms with Crippen molar-refractivity contribution in [1.29, 1.82) is 0 Å². The van der Waals surface area contributed by atoms with Crippen LogP contribution in [0.5, 0.6) is 0 Å². The average Bonchev–Trinajstić information content (AvgIpc) is 3.59. The highest BCUT2D eigenvalue weighted by molar-refractivity contribution is 9.10. The molecule has 164 valence electrons. The molecule has 2 aliphatic carbocycles. The fraction of sp³-hybridized carbons (Fsp3) is 0.458. The van der Waals surface area contributed by atoms with E-state index >= 15 is 0 Å². The van der Waals surface area contributed by atoms with Gasteiger partial charge in [-0.15, -0.1) is 0 Å². The summed E-state index contributed by atoms with van der Waals surface area (Å²) in [5.41, 5.74) is 2.07. The number of sulfonamides is 1. The number of carbonyl (C=O) groups excluding carboxylic acids is 1. The number of carbonyl (C=O) groups is 1. The third-order valence-corrected chi connectivity index (χ3v) is 9.46. The van der Waals surface area contributed by atoms with Crippen molar-refractivity contribution in [2.75, 3.05) is 11.4 Å². The molecule has 1 unspecified atom stereocenters. The second kappa shape index (κ2) is 7.62. The van der Waals surface area contributed by atoms with Crippen LogP contribution < -0.4 is 4.31 Å². The van der Waals surface area contributed by atoms with Crippen molar-refractivity contribution in [2.45, 2.75) is 61.3 Å². The van der Waals surface area contributed by atoms with Crippen LogP contribution in [0.2, 0.25) is 0 Å². The van der Waals surface area contributed by atoms with Gasteiger partial charge in [-0.05, 0) is 73.6 Å². The normalized spacial score (nSPS) is 22.4. The molecule has 1 aliphatic heterocycles. The van der Waals surface area contributed by atoms with E-state index in [0.717, 1.165) is 54.2 Å². The maximum absolute atomic E-state index is 14.1. The van der Waals surface area contributed by atoms with Gasteiger partial charge in [0, 0.05) is 9.89 Å². The van der Waals surface area contributed by atoms with Gasteiger partial charge in [0.25, 0.3) is 10.0 Å². The summed E-state index contributed by atoms with van der Waals surface area (Å²) in [6.07, 6.45) is 7.63. The maximum Gasteiger partial charge on any atom is 0.337 e. The summed E-state index contributed by atoms with van der Waals surface area (Å²) in [7, 11) is -2.55. The van der Waals surface area contributed by atoms with Crippen molar-refractivity contribution in [1.82, 2.24) is 0 Å². The smallest absolute Gasteiger partial charge is 0.337 e. The molecule has 1 atom stereocenters. The Morgan fingerprint density at radius 3 is 2.52 bits per heavy atom. The van der Waals surface area contributed by atoms with Crippen molar-refractivity contribution in [3.05, 3.63) is 58.1 Å². The predicted octanol–water partition coefficient (Wildman–Crippen LogP) is 5.43. The number of rotatable bonds is 4. The van der Waals surface area contributed by atoms with E-state index in [1.165, 1.54) is 19.6 Å². The minimum Gasteiger partial charge on any atom is -0.465 e. The van der Waals surface area contributed by atoms with Gasteiger partial charge >= 0.3 is 5.97 Å². The van der Waals surface area contributed by atoms with E-state index in [1.807, 2.05) is 12.1 Å². The Balaban J connectivity index is 1.69. The molecule has 0 N–H and O–H groups in total. The highest BCUT2D eigenvalue weighted by Crippen LogP contribution is 2.60. The number of esters is 1. The summed E-state index contributed by atoms with van der Waals surface area (Å²) in [5.74, 6) is -0.159. The van der Waals surface area contributed by atoms with E-state index in [9.17, 15) is 13.2 Å². The van der Waals surface area contributed by atoms with Crippen LogP contribution in [-0.2, 0) is 20.2 Å². The van der Waals surface area contributed by atoms with Gasteiger partial charge in [-0.3, -0.25) is 4.31 Å². The zero-order chi connectivity index (χ0) is 21.8. The van der Waals surface area contributed by atoms with Crippen molar-refractivity contribution in [3.8, 4) is 0 Å². The molecule has 0 saturated heterocycles. The van der Waals surface area contributed by atoms with Crippen LogP contribution in [0.4, 0.5) is 5.69 Å². The van der Waals surface area contributed by atoms with Crippen molar-refractivity contribution in [2.24, 2.45) is 5.92 Å². The topological polar surface area (TPSA) is 63.7 Å². The quantitative estimate of drug-likeness (QED) is 0.522. The Bertz CT molecular complexity index is 1140. The third-order valence-electron chi connectivity index (χ3n) is 7.18. The van der Waals surface area contributed by atoms with E-state index in [1.54, 1.807) is 22.5 Å². The fourth-order valence-corrected chi connectivity index (χ4v) is 7.93. The van der Waals surface area contributed by atoms with Crippen molar-refractivity contribution >= 4 is 37.6 Å². The first-order valence-corrected chi connectivity index (χ1v) is 13.1. The van der Waals surface area contributed by atoms with Crippen LogP contribution in [-0.4, -0.2) is 27.5 Å². The van der Waals surface area contributed by atoms with Crippen LogP contribution in [0.3, 0.4) is 0 Å². The Kier molecular flexibility index (Phi) is 5.17. The standard InChI is InChI=1S/C24H26BrNO4S/c1-30-23(27)17-6-5-7-19(14-17)31(28,29)26-21-11-10-18(25)15-20(21)24(12-3-2-4-13-24)22(26)16-8-9-16/h5-7,10-11,14-16,22H,2-4,8-9,12-13H2,1H3. The molecule has 2 aromatic carbocycles. The van der Waals surface area contributed by atoms with Crippen molar-refractivity contribution in [3.63, 3.8) is 0 Å². The molecule has 7 heteroatoms. The van der Waals surface area contributed by atoms with Gasteiger partial charge in [0.15, 0.2) is 0 Å². The minimum absolute atomic E-state index is 0.0658. The molecule has 2 fully saturated rings. The summed E-state index contributed by atoms with van der Waals surface area (Å²) >= 11 is 3.62. The van der Waals surface area contributed by atoms with Crippen LogP contribution in [0.1, 0.15) is 60.9 Å². The molecule has 5 nitrogen and oxygen atoms in total. The van der Waals surface area contributed by atoms with Gasteiger partial charge in [-0.1, -0.05) is 41.3 Å². The van der Waals surface area contributed by atoms with E-state index < -0.39 is 16.0 Å². The summed E-state index contributed by atoms with van der Waals surface area (Å²) in [6.45, 7) is 0. The number of methoxy groups -OCH3 is 1. The number of nitrogens with zero attached hydrogens (tertiary/aromatic N) is 1. The number of anilines is 1. The molecule has 0 aromatic heterocycles. The fourth-order valence-electron chi connectivity index (χ4n) is 5.73. The Morgan fingerprint density at radius 2 is 1.84 bits per heavy atom. The SMILES string of the molecule is COC(=O)c1cccc(S(=O)(=O)N2c3ccc(Br)cc3C3(CCCCC3)C2C2CC2)c1. The van der Waals surface area contributed by atoms with E-state index in [-0.39, 0.29) is 21.9 Å². The molecule has 0 radical (unpaired) electrons. The number of halogens is 1. The summed E-state index contributed by atoms with van der Waals surface area (Å²) < 4.78 is 35.6. The summed E-state index contributed by atoms with van der Waals surface area (Å²) in [5, 5.41) is 0. The highest BCUT2D eigenvalue weighted by Gasteiger charge is 2.59. The lowest BCUT2D eigenvalue weighted by Crippen LogP contribution is -2.49. The van der Waals surface area contributed by atoms with Gasteiger partial charge in [-0.2, -0.15) is 0 Å². The summed E-state index contributed by atoms with van der Waals surface area (Å²) in [6, 6.07) is 12.2. The molecular formula is C24H26BrNO4S. The molecule has 2 aromatic rings. The van der Waals surface area contributed by atoms with Gasteiger partial charge < -0.3 is 4.74 Å². The minimum atomic E-state index is -3.85. The lowest BCUT2D eigenvalue weighted by molar-refractivity contribution is 0.0600. The van der Waals surface area contributed by atoms with Gasteiger partial charge in [0.2, 0.25) is 0 Å². The van der Waals surface area contributed by atoms with E-state index in [2.05, 4.69) is 22.0 Å². The molecule has 31 heavy (non-hydrogen) atoms. The lowest BCUT2D eigenvalue weighted by atomic mass is 9.65. The zero-order valence-electron chi connectivity index (χ0n) is 17.5. The first kappa shape index (κ1) is 21.0. The molecule has 3 aliphatic rings. The highest BCUT2D eigenvalue weighted by atomic mass is 79.9. The van der Waals surface area contributed by atoms with Crippen LogP contribution in [0.25, 0.3) is 0 Å². The average molecular weight is 504 g/mol. The Hall–Kier alpha value is -1.86. The lowest BCUT2D eigenvalue weighted by Gasteiger charge is -2.42. The van der Waals surface area contributed by atoms with E-state index in [4.69, 9.17) is 4.74 Å². The molecule has 0 bridgehead atoms. The molecule has 2 saturated carbocycles. The van der Waals surface area contributed by atoms with Crippen LogP contribution >= 0.6 is 15.9 Å². The Morgan fingerprint density at radius 1 is 1.10 bits per heavy atom. The second-order valence-electron chi connectivity index (χ2n) is 8.98. The van der Waals surface area contributed by atoms with Gasteiger partial charge in [-0.25, -0.2) is 13.2 Å². The predicted molar refractivity (Wildman–Crippen MR) is 123 cm³/mol. The number of benzene rings is 2. The zero-order valence-corrected chi connectivity index (χ0v) is 19.9. The molecule has 1 heterocycles. The number of hydrogen-bond donors (Lipinski definition) is 0. The first-order valence-electron chi connectivity index (χ1n) is 10.9. The largest absolute Gasteiger partial charge is 0.465 e.